The van der Waals surface area contributed by atoms with Gasteiger partial charge in [0.15, 0.2) is 11.3 Å². The Hall–Kier alpha value is -8.72. The van der Waals surface area contributed by atoms with Crippen molar-refractivity contribution in [2.45, 2.75) is 176 Å². The first-order valence-electron chi connectivity index (χ1n) is 31.0. The predicted molar refractivity (Wildman–Crippen MR) is 330 cm³/mol. The van der Waals surface area contributed by atoms with Gasteiger partial charge in [0.2, 0.25) is 52.7 Å². The van der Waals surface area contributed by atoms with Crippen LogP contribution in [0.1, 0.15) is 133 Å². The highest BCUT2D eigenvalue weighted by molar-refractivity contribution is 6.10. The highest BCUT2D eigenvalue weighted by atomic mass is 16.6. The van der Waals surface area contributed by atoms with E-state index < -0.39 is 185 Å². The van der Waals surface area contributed by atoms with Gasteiger partial charge >= 0.3 is 11.9 Å². The van der Waals surface area contributed by atoms with Crippen LogP contribution in [-0.2, 0) is 57.4 Å². The number of rotatable bonds is 9. The van der Waals surface area contributed by atoms with Crippen LogP contribution in [-0.4, -0.2) is 220 Å². The summed E-state index contributed by atoms with van der Waals surface area (Å²) in [6.07, 6.45) is -1.59. The van der Waals surface area contributed by atoms with Crippen LogP contribution in [0.4, 0.5) is 5.69 Å². The van der Waals surface area contributed by atoms with Gasteiger partial charge in [-0.15, -0.1) is 0 Å². The van der Waals surface area contributed by atoms with Gasteiger partial charge in [0.1, 0.15) is 71.8 Å². The fourth-order valence-corrected chi connectivity index (χ4v) is 12.5. The van der Waals surface area contributed by atoms with E-state index in [1.165, 1.54) is 80.7 Å². The molecule has 28 heteroatoms. The molecule has 0 bridgehead atoms. The summed E-state index contributed by atoms with van der Waals surface area (Å²) in [5, 5.41) is 10.7. The van der Waals surface area contributed by atoms with E-state index in [2.05, 4.69) is 21.3 Å². The van der Waals surface area contributed by atoms with E-state index in [9.17, 15) is 52.7 Å². The molecule has 1 aromatic rings. The summed E-state index contributed by atoms with van der Waals surface area (Å²) in [7, 11) is 5.60. The lowest BCUT2D eigenvalue weighted by atomic mass is 9.98. The van der Waals surface area contributed by atoms with Gasteiger partial charge in [0.05, 0.1) is 29.9 Å². The lowest BCUT2D eigenvalue weighted by Crippen LogP contribution is -2.61. The molecule has 4 fully saturated rings. The number of esters is 2. The van der Waals surface area contributed by atoms with Crippen molar-refractivity contribution in [3.05, 3.63) is 44.6 Å². The molecule has 6 aliphatic rings. The first-order chi connectivity index (χ1) is 42.6. The van der Waals surface area contributed by atoms with Gasteiger partial charge in [-0.05, 0) is 95.1 Å². The van der Waals surface area contributed by atoms with Gasteiger partial charge in [-0.3, -0.25) is 52.7 Å². The largest absolute Gasteiger partial charge is 0.458 e. The molecule has 5 heterocycles. The lowest BCUT2D eigenvalue weighted by molar-refractivity contribution is -0.163. The third kappa shape index (κ3) is 14.4. The zero-order valence-electron chi connectivity index (χ0n) is 54.8. The maximum absolute atomic E-state index is 15.2. The molecule has 0 radical (unpaired) electrons. The number of fused-ring (bicyclic) bond motifs is 4. The number of anilines is 1. The molecule has 7 rings (SSSR count). The SMILES string of the molecule is Cc1c2oc3c(C)ccc(C(=O)NC4C(=O)NC(C(C)C)C(=O)N5CCCC5C(=O)N(C)CC(=O)N(C)C(C(C)C)C(=O)OC4C)c3nc-2c(C(=O)NC2C(=O)NC(CC(C)C)C(=O)N3CCCC3C(=O)N(C)CC(=O)N(C)C(C(C)C)C(=O)OC2C)c(N)c1=O. The third-order valence-corrected chi connectivity index (χ3v) is 17.6. The summed E-state index contributed by atoms with van der Waals surface area (Å²) in [5.41, 5.74) is 3.60. The number of nitrogen functional groups attached to an aromatic ring is 1. The van der Waals surface area contributed by atoms with Gasteiger partial charge < -0.3 is 70.3 Å². The fraction of sp³-hybridized carbons (Fsp3) is 0.619. The van der Waals surface area contributed by atoms with Crippen LogP contribution in [0.15, 0.2) is 21.3 Å². The molecule has 91 heavy (non-hydrogen) atoms. The number of carbonyl (C=O) groups excluding carboxylic acids is 12. The van der Waals surface area contributed by atoms with Crippen molar-refractivity contribution >= 4 is 87.8 Å². The maximum atomic E-state index is 15.2. The second-order valence-electron chi connectivity index (χ2n) is 26.0. The molecule has 496 valence electrons. The summed E-state index contributed by atoms with van der Waals surface area (Å²) in [6, 6.07) is -7.87. The van der Waals surface area contributed by atoms with E-state index in [0.717, 1.165) is 9.80 Å². The van der Waals surface area contributed by atoms with Crippen LogP contribution in [0.25, 0.3) is 22.6 Å². The van der Waals surface area contributed by atoms with Crippen molar-refractivity contribution in [2.75, 3.05) is 60.1 Å². The summed E-state index contributed by atoms with van der Waals surface area (Å²) in [6.45, 7) is 18.7. The second-order valence-corrected chi connectivity index (χ2v) is 26.0. The summed E-state index contributed by atoms with van der Waals surface area (Å²) in [5.74, 6) is -11.9. The van der Waals surface area contributed by atoms with Crippen molar-refractivity contribution in [1.82, 2.24) is 55.7 Å². The zero-order valence-corrected chi connectivity index (χ0v) is 54.8. The molecule has 10 unspecified atom stereocenters. The van der Waals surface area contributed by atoms with Crippen LogP contribution in [0.2, 0.25) is 0 Å². The molecule has 10 atom stereocenters. The van der Waals surface area contributed by atoms with Gasteiger partial charge in [-0.25, -0.2) is 14.6 Å². The Morgan fingerprint density at radius 1 is 0.648 bits per heavy atom. The topological polar surface area (TPSA) is 360 Å². The molecule has 1 aromatic carbocycles. The number of carbonyl (C=O) groups is 12. The first kappa shape index (κ1) is 69.7. The number of benzene rings is 2. The Labute approximate surface area is 528 Å². The monoisotopic (exact) mass is 1270 g/mol. The zero-order chi connectivity index (χ0) is 67.7. The lowest BCUT2D eigenvalue weighted by Gasteiger charge is -2.36. The number of hydrogen-bond acceptors (Lipinski definition) is 18. The van der Waals surface area contributed by atoms with Crippen LogP contribution in [0.3, 0.4) is 0 Å². The van der Waals surface area contributed by atoms with Gasteiger partial charge in [-0.1, -0.05) is 61.5 Å². The minimum atomic E-state index is -1.88. The van der Waals surface area contributed by atoms with Crippen LogP contribution < -0.4 is 32.4 Å². The Morgan fingerprint density at radius 2 is 1.12 bits per heavy atom. The van der Waals surface area contributed by atoms with Crippen molar-refractivity contribution in [2.24, 2.45) is 23.7 Å². The molecule has 28 nitrogen and oxygen atoms in total. The van der Waals surface area contributed by atoms with Gasteiger partial charge in [-0.2, -0.15) is 0 Å². The standard InChI is InChI=1S/C63H88N12O16/c1-28(2)25-37-58(83)74-23-17-19-38(74)59(84)70(13)26-40(76)72(15)49(30(5)6)62(87)89-34(11)45(56(81)65-37)69-55(80)42-43(64)51(78)33(10)53-48(42)66-47-36(22-21-32(9)52(47)91-53)54(79)68-46-35(12)90-63(88)50(31(7)8)73(16)41(77)27-71(14)60(85)39-20-18-24-75(39)61(86)44(29(3)4)67-57(46)82/h21-22,28-31,34-35,37-39,44-46,49-50H,17-20,23-27,64H2,1-16H3,(H,65,81)(H,67,82)(H,68,79)(H,69,80). The molecular weight excluding hydrogens is 1180 g/mol. The van der Waals surface area contributed by atoms with Crippen LogP contribution in [0, 0.1) is 37.5 Å². The Morgan fingerprint density at radius 3 is 1.59 bits per heavy atom. The fourth-order valence-electron chi connectivity index (χ4n) is 12.5. The average molecular weight is 1270 g/mol. The average Bonchev–Trinajstić information content (AvgIpc) is 1.31. The summed E-state index contributed by atoms with van der Waals surface area (Å²) in [4.78, 5) is 200. The summed E-state index contributed by atoms with van der Waals surface area (Å²) >= 11 is 0. The minimum absolute atomic E-state index is 0.0563. The van der Waals surface area contributed by atoms with E-state index in [-0.39, 0.29) is 66.3 Å². The highest BCUT2D eigenvalue weighted by Gasteiger charge is 2.46. The predicted octanol–water partition coefficient (Wildman–Crippen LogP) is 1.12. The number of ether oxygens (including phenoxy) is 2. The Kier molecular flexibility index (Phi) is 21.6. The van der Waals surface area contributed by atoms with Crippen molar-refractivity contribution in [3.8, 4) is 11.5 Å². The molecule has 10 amide bonds. The number of nitrogens with zero attached hydrogens (tertiary/aromatic N) is 7. The highest BCUT2D eigenvalue weighted by Crippen LogP contribution is 2.35. The molecule has 0 aromatic heterocycles. The van der Waals surface area contributed by atoms with E-state index in [1.54, 1.807) is 48.5 Å². The Balaban J connectivity index is 1.32. The number of nitrogens with one attached hydrogen (secondary N) is 4. The van der Waals surface area contributed by atoms with Crippen molar-refractivity contribution in [3.63, 3.8) is 0 Å². The molecule has 0 spiro atoms. The number of likely N-dealkylation sites (N-methyl/N-ethyl adjacent to an activating group) is 4. The van der Waals surface area contributed by atoms with Gasteiger partial charge in [0.25, 0.3) is 11.8 Å². The minimum Gasteiger partial charge on any atom is -0.458 e. The van der Waals surface area contributed by atoms with E-state index in [4.69, 9.17) is 24.6 Å². The first-order valence-corrected chi connectivity index (χ1v) is 31.0. The van der Waals surface area contributed by atoms with Crippen molar-refractivity contribution in [1.29, 1.82) is 0 Å². The van der Waals surface area contributed by atoms with Gasteiger partial charge in [0, 0.05) is 46.8 Å². The van der Waals surface area contributed by atoms with E-state index >= 15 is 9.59 Å². The van der Waals surface area contributed by atoms with Crippen LogP contribution >= 0.6 is 0 Å². The quantitative estimate of drug-likeness (QED) is 0.114. The summed E-state index contributed by atoms with van der Waals surface area (Å²) < 4.78 is 18.3. The van der Waals surface area contributed by atoms with Crippen molar-refractivity contribution < 1.29 is 71.4 Å². The third-order valence-electron chi connectivity index (χ3n) is 17.6. The van der Waals surface area contributed by atoms with Crippen LogP contribution in [0.5, 0.6) is 0 Å². The molecule has 4 saturated heterocycles. The number of nitrogens with two attached hydrogens (primary N) is 1. The van der Waals surface area contributed by atoms with E-state index in [0.29, 0.717) is 18.4 Å². The number of cyclic esters (lactones) is 2. The Bertz CT molecular complexity index is 3440. The molecule has 5 aliphatic heterocycles. The maximum Gasteiger partial charge on any atom is 0.329 e. The number of aryl methyl sites for hydroxylation is 1. The normalized spacial score (nSPS) is 26.1. The smallest absolute Gasteiger partial charge is 0.329 e. The van der Waals surface area contributed by atoms with E-state index in [1.807, 2.05) is 13.8 Å². The second kappa shape index (κ2) is 28.2. The molecule has 1 aliphatic carbocycles. The number of amides is 10. The molecular formula is C63H88N12O16. The molecule has 0 saturated carbocycles. The number of aromatic nitrogens is 1. The number of hydrogen-bond donors (Lipinski definition) is 5. The molecule has 6 N–H and O–H groups in total.